The van der Waals surface area contributed by atoms with Crippen molar-refractivity contribution in [3.8, 4) is 0 Å². The average molecular weight is 216 g/mol. The van der Waals surface area contributed by atoms with Crippen molar-refractivity contribution in [3.05, 3.63) is 0 Å². The summed E-state index contributed by atoms with van der Waals surface area (Å²) in [5.74, 6) is 0. The fraction of sp³-hybridized carbons (Fsp3) is 1.00. The van der Waals surface area contributed by atoms with Crippen LogP contribution in [0.3, 0.4) is 0 Å². The molecule has 0 saturated carbocycles. The zero-order chi connectivity index (χ0) is 11.4. The average Bonchev–Trinajstić information content (AvgIpc) is 2.12. The van der Waals surface area contributed by atoms with Gasteiger partial charge in [0.2, 0.25) is 0 Å². The smallest absolute Gasteiger partial charge is 0.0666 e. The van der Waals surface area contributed by atoms with Crippen LogP contribution >= 0.6 is 0 Å². The van der Waals surface area contributed by atoms with Crippen molar-refractivity contribution in [2.45, 2.75) is 39.9 Å². The molecule has 0 aromatic heterocycles. The van der Waals surface area contributed by atoms with Crippen molar-refractivity contribution < 1.29 is 0 Å². The van der Waals surface area contributed by atoms with Crippen LogP contribution in [0.1, 0.15) is 27.7 Å². The predicted octanol–water partition coefficient (Wildman–Crippen LogP) is 1.03. The quantitative estimate of drug-likeness (QED) is 0.483. The third-order valence-corrected chi connectivity index (χ3v) is 5.08. The van der Waals surface area contributed by atoms with E-state index >= 15 is 0 Å². The van der Waals surface area contributed by atoms with E-state index in [1.807, 2.05) is 0 Å². The fourth-order valence-electron chi connectivity index (χ4n) is 2.27. The molecule has 2 nitrogen and oxygen atoms in total. The van der Waals surface area contributed by atoms with Gasteiger partial charge in [0.15, 0.2) is 0 Å². The fourth-order valence-corrected chi connectivity index (χ4v) is 2.64. The van der Waals surface area contributed by atoms with Gasteiger partial charge < -0.3 is 0 Å². The van der Waals surface area contributed by atoms with Gasteiger partial charge in [0.1, 0.15) is 0 Å². The molecule has 0 amide bonds. The molecule has 0 fully saturated rings. The van der Waals surface area contributed by atoms with Gasteiger partial charge in [-0.25, -0.2) is 0 Å². The molecule has 0 radical (unpaired) electrons. The normalized spacial score (nSPS) is 15.4. The molecule has 0 aliphatic rings. The second kappa shape index (κ2) is 5.88. The van der Waals surface area contributed by atoms with Gasteiger partial charge in [-0.3, -0.25) is 9.80 Å². The van der Waals surface area contributed by atoms with Gasteiger partial charge in [-0.1, -0.05) is 33.7 Å². The highest BCUT2D eigenvalue weighted by Crippen LogP contribution is 2.29. The lowest BCUT2D eigenvalue weighted by Gasteiger charge is -2.45. The molecule has 0 heterocycles. The minimum Gasteiger partial charge on any atom is -0.294 e. The molecule has 0 aromatic rings. The first-order valence-corrected chi connectivity index (χ1v) is 7.22. The molecule has 0 saturated heterocycles. The number of rotatable bonds is 6. The van der Waals surface area contributed by atoms with Crippen LogP contribution in [0.2, 0.25) is 6.04 Å². The van der Waals surface area contributed by atoms with Gasteiger partial charge in [-0.2, -0.15) is 0 Å². The summed E-state index contributed by atoms with van der Waals surface area (Å²) in [6, 6.07) is 1.35. The zero-order valence-electron chi connectivity index (χ0n) is 11.1. The van der Waals surface area contributed by atoms with Crippen LogP contribution in [-0.4, -0.2) is 53.4 Å². The van der Waals surface area contributed by atoms with Crippen LogP contribution in [0.25, 0.3) is 0 Å². The minimum absolute atomic E-state index is 0.418. The van der Waals surface area contributed by atoms with Crippen LogP contribution in [-0.2, 0) is 0 Å². The zero-order valence-corrected chi connectivity index (χ0v) is 13.1. The lowest BCUT2D eigenvalue weighted by atomic mass is 9.90. The monoisotopic (exact) mass is 216 g/mol. The van der Waals surface area contributed by atoms with E-state index in [1.165, 1.54) is 16.3 Å². The minimum atomic E-state index is 0.418. The van der Waals surface area contributed by atoms with Crippen LogP contribution < -0.4 is 0 Å². The van der Waals surface area contributed by atoms with E-state index in [1.54, 1.807) is 0 Å². The van der Waals surface area contributed by atoms with Gasteiger partial charge in [-0.05, 0) is 32.6 Å². The Morgan fingerprint density at radius 2 is 1.57 bits per heavy atom. The Morgan fingerprint density at radius 1 is 1.14 bits per heavy atom. The first-order valence-electron chi connectivity index (χ1n) is 5.81. The van der Waals surface area contributed by atoms with E-state index in [9.17, 15) is 0 Å². The van der Waals surface area contributed by atoms with Gasteiger partial charge in [0.25, 0.3) is 0 Å². The van der Waals surface area contributed by atoms with Gasteiger partial charge >= 0.3 is 0 Å². The molecule has 0 aliphatic heterocycles. The molecule has 0 spiro atoms. The summed E-state index contributed by atoms with van der Waals surface area (Å²) in [4.78, 5) is 4.92. The Kier molecular flexibility index (Phi) is 5.94. The number of hydrogen-bond donors (Lipinski definition) is 0. The van der Waals surface area contributed by atoms with Crippen LogP contribution in [0.15, 0.2) is 0 Å². The van der Waals surface area contributed by atoms with E-state index < -0.39 is 0 Å². The Balaban J connectivity index is 4.74. The molecule has 0 rings (SSSR count). The van der Waals surface area contributed by atoms with Crippen LogP contribution in [0, 0.1) is 5.41 Å². The van der Waals surface area contributed by atoms with Gasteiger partial charge in [-0.15, -0.1) is 0 Å². The molecule has 0 aliphatic carbocycles. The van der Waals surface area contributed by atoms with Crippen molar-refractivity contribution in [2.75, 3.05) is 27.2 Å². The van der Waals surface area contributed by atoms with Crippen LogP contribution in [0.4, 0.5) is 0 Å². The lowest BCUT2D eigenvalue weighted by molar-refractivity contribution is 0.00421. The Labute approximate surface area is 93.1 Å². The van der Waals surface area contributed by atoms with E-state index in [-0.39, 0.29) is 0 Å². The Morgan fingerprint density at radius 3 is 1.79 bits per heavy atom. The Bertz CT molecular complexity index is 153. The van der Waals surface area contributed by atoms with Crippen molar-refractivity contribution >= 4 is 10.2 Å². The van der Waals surface area contributed by atoms with E-state index in [4.69, 9.17) is 0 Å². The molecule has 0 aromatic carbocycles. The summed E-state index contributed by atoms with van der Waals surface area (Å²) >= 11 is 0. The van der Waals surface area contributed by atoms with Gasteiger partial charge in [0, 0.05) is 10.2 Å². The molecular weight excluding hydrogens is 188 g/mol. The molecule has 3 heteroatoms. The maximum atomic E-state index is 2.55. The SMILES string of the molecule is CCN(CC)C(N(C)C)C(C)(C)C[SiH3]. The lowest BCUT2D eigenvalue weighted by Crippen LogP contribution is -2.53. The third-order valence-electron chi connectivity index (χ3n) is 3.26. The molecule has 86 valence electrons. The highest BCUT2D eigenvalue weighted by atomic mass is 28.1. The van der Waals surface area contributed by atoms with E-state index in [0.29, 0.717) is 11.6 Å². The first-order chi connectivity index (χ1) is 6.40. The second-order valence-corrected chi connectivity index (χ2v) is 5.61. The van der Waals surface area contributed by atoms with Crippen molar-refractivity contribution in [3.63, 3.8) is 0 Å². The highest BCUT2D eigenvalue weighted by Gasteiger charge is 2.32. The predicted molar refractivity (Wildman–Crippen MR) is 68.9 cm³/mol. The second-order valence-electron chi connectivity index (χ2n) is 4.90. The largest absolute Gasteiger partial charge is 0.294 e. The van der Waals surface area contributed by atoms with Crippen molar-refractivity contribution in [1.29, 1.82) is 0 Å². The van der Waals surface area contributed by atoms with Crippen molar-refractivity contribution in [2.24, 2.45) is 5.41 Å². The highest BCUT2D eigenvalue weighted by molar-refractivity contribution is 6.09. The number of hydrogen-bond acceptors (Lipinski definition) is 2. The Hall–Kier alpha value is 0.137. The maximum absolute atomic E-state index is 2.55. The van der Waals surface area contributed by atoms with E-state index in [2.05, 4.69) is 51.6 Å². The third kappa shape index (κ3) is 3.37. The first kappa shape index (κ1) is 14.1. The summed E-state index contributed by atoms with van der Waals surface area (Å²) in [7, 11) is 5.68. The topological polar surface area (TPSA) is 6.48 Å². The van der Waals surface area contributed by atoms with Crippen molar-refractivity contribution in [1.82, 2.24) is 9.80 Å². The summed E-state index contributed by atoms with van der Waals surface area (Å²) < 4.78 is 0. The molecule has 0 N–H and O–H groups in total. The maximum Gasteiger partial charge on any atom is 0.0666 e. The number of nitrogens with zero attached hydrogens (tertiary/aromatic N) is 2. The summed E-state index contributed by atoms with van der Waals surface area (Å²) in [6.45, 7) is 11.6. The molecule has 14 heavy (non-hydrogen) atoms. The summed E-state index contributed by atoms with van der Waals surface area (Å²) in [5, 5.41) is 0. The van der Waals surface area contributed by atoms with E-state index in [0.717, 1.165) is 13.1 Å². The summed E-state index contributed by atoms with van der Waals surface area (Å²) in [6.07, 6.45) is 0.579. The molecule has 0 bridgehead atoms. The van der Waals surface area contributed by atoms with Gasteiger partial charge in [0.05, 0.1) is 6.17 Å². The molecule has 1 unspecified atom stereocenters. The van der Waals surface area contributed by atoms with Crippen LogP contribution in [0.5, 0.6) is 0 Å². The summed E-state index contributed by atoms with van der Waals surface area (Å²) in [5.41, 5.74) is 0.418. The molecular formula is C11H28N2Si. The molecule has 1 atom stereocenters. The standard InChI is InChI=1S/C11H28N2Si/c1-7-13(8-2)10(12(5)6)11(3,4)9-14/h10H,7-9H2,1-6,14H3.